The van der Waals surface area contributed by atoms with Gasteiger partial charge in [0, 0.05) is 11.9 Å². The van der Waals surface area contributed by atoms with Crippen LogP contribution in [0.25, 0.3) is 10.9 Å². The molecular formula is C18H18F2N4. The van der Waals surface area contributed by atoms with Crippen molar-refractivity contribution in [3.05, 3.63) is 66.0 Å². The summed E-state index contributed by atoms with van der Waals surface area (Å²) >= 11 is 0. The highest BCUT2D eigenvalue weighted by Crippen LogP contribution is 2.23. The Morgan fingerprint density at radius 1 is 1.00 bits per heavy atom. The lowest BCUT2D eigenvalue weighted by Gasteiger charge is -2.25. The molecule has 0 aliphatic carbocycles. The van der Waals surface area contributed by atoms with Gasteiger partial charge in [-0.25, -0.2) is 18.7 Å². The van der Waals surface area contributed by atoms with Crippen LogP contribution in [0, 0.1) is 11.6 Å². The van der Waals surface area contributed by atoms with E-state index in [9.17, 15) is 8.78 Å². The molecule has 6 heteroatoms. The van der Waals surface area contributed by atoms with E-state index in [1.54, 1.807) is 18.2 Å². The second-order valence-electron chi connectivity index (χ2n) is 5.80. The van der Waals surface area contributed by atoms with Crippen molar-refractivity contribution in [2.75, 3.05) is 26.0 Å². The molecule has 1 unspecified atom stereocenters. The number of rotatable bonds is 5. The monoisotopic (exact) mass is 328 g/mol. The first-order valence-electron chi connectivity index (χ1n) is 7.60. The van der Waals surface area contributed by atoms with Gasteiger partial charge < -0.3 is 10.2 Å². The van der Waals surface area contributed by atoms with Crippen LogP contribution in [0.2, 0.25) is 0 Å². The average molecular weight is 328 g/mol. The van der Waals surface area contributed by atoms with Crippen molar-refractivity contribution in [3.8, 4) is 0 Å². The first kappa shape index (κ1) is 16.3. The van der Waals surface area contributed by atoms with E-state index in [4.69, 9.17) is 0 Å². The Morgan fingerprint density at radius 2 is 1.71 bits per heavy atom. The van der Waals surface area contributed by atoms with Gasteiger partial charge in [0.2, 0.25) is 0 Å². The number of aromatic nitrogens is 2. The number of fused-ring (bicyclic) bond motifs is 1. The second-order valence-corrected chi connectivity index (χ2v) is 5.80. The Bertz CT molecular complexity index is 834. The van der Waals surface area contributed by atoms with E-state index in [-0.39, 0.29) is 17.7 Å². The molecule has 2 aromatic carbocycles. The molecule has 1 N–H and O–H groups in total. The summed E-state index contributed by atoms with van der Waals surface area (Å²) in [5.41, 5.74) is 1.66. The number of halogens is 2. The van der Waals surface area contributed by atoms with E-state index in [0.29, 0.717) is 23.3 Å². The van der Waals surface area contributed by atoms with E-state index in [2.05, 4.69) is 15.3 Å². The summed E-state index contributed by atoms with van der Waals surface area (Å²) in [7, 11) is 3.90. The molecule has 1 atom stereocenters. The van der Waals surface area contributed by atoms with Crippen LogP contribution in [0.3, 0.4) is 0 Å². The smallest absolute Gasteiger partial charge is 0.137 e. The van der Waals surface area contributed by atoms with Gasteiger partial charge in [0.1, 0.15) is 23.8 Å². The van der Waals surface area contributed by atoms with E-state index in [1.165, 1.54) is 30.6 Å². The van der Waals surface area contributed by atoms with E-state index >= 15 is 0 Å². The van der Waals surface area contributed by atoms with Crippen LogP contribution in [0.1, 0.15) is 11.6 Å². The predicted octanol–water partition coefficient (Wildman–Crippen LogP) is 3.62. The third-order valence-electron chi connectivity index (χ3n) is 3.94. The van der Waals surface area contributed by atoms with Crippen molar-refractivity contribution in [3.63, 3.8) is 0 Å². The molecule has 24 heavy (non-hydrogen) atoms. The number of benzene rings is 2. The highest BCUT2D eigenvalue weighted by atomic mass is 19.1. The summed E-state index contributed by atoms with van der Waals surface area (Å²) < 4.78 is 26.7. The molecule has 3 aromatic rings. The van der Waals surface area contributed by atoms with Crippen molar-refractivity contribution in [2.45, 2.75) is 6.04 Å². The lowest BCUT2D eigenvalue weighted by atomic mass is 10.1. The summed E-state index contributed by atoms with van der Waals surface area (Å²) in [5.74, 6) is -0.0157. The molecule has 0 aliphatic heterocycles. The fraction of sp³-hybridized carbons (Fsp3) is 0.222. The molecule has 0 saturated heterocycles. The fourth-order valence-corrected chi connectivity index (χ4v) is 2.65. The molecule has 0 aliphatic rings. The zero-order chi connectivity index (χ0) is 17.1. The lowest BCUT2D eigenvalue weighted by Crippen LogP contribution is -2.27. The summed E-state index contributed by atoms with van der Waals surface area (Å²) in [5, 5.41) is 3.89. The number of nitrogens with zero attached hydrogens (tertiary/aromatic N) is 3. The van der Waals surface area contributed by atoms with Gasteiger partial charge in [0.15, 0.2) is 0 Å². The average Bonchev–Trinajstić information content (AvgIpc) is 2.56. The van der Waals surface area contributed by atoms with Gasteiger partial charge in [-0.3, -0.25) is 0 Å². The van der Waals surface area contributed by atoms with Gasteiger partial charge in [0.25, 0.3) is 0 Å². The largest absolute Gasteiger partial charge is 0.368 e. The van der Waals surface area contributed by atoms with Gasteiger partial charge in [-0.1, -0.05) is 12.1 Å². The minimum absolute atomic E-state index is 0.0178. The van der Waals surface area contributed by atoms with Crippen molar-refractivity contribution < 1.29 is 8.78 Å². The number of hydrogen-bond donors (Lipinski definition) is 1. The lowest BCUT2D eigenvalue weighted by molar-refractivity contribution is 0.311. The highest BCUT2D eigenvalue weighted by Gasteiger charge is 2.15. The maximum atomic E-state index is 13.5. The van der Waals surface area contributed by atoms with Crippen molar-refractivity contribution in [2.24, 2.45) is 0 Å². The van der Waals surface area contributed by atoms with Crippen LogP contribution in [-0.4, -0.2) is 35.5 Å². The maximum Gasteiger partial charge on any atom is 0.137 e. The van der Waals surface area contributed by atoms with Gasteiger partial charge in [-0.15, -0.1) is 0 Å². The molecule has 0 radical (unpaired) electrons. The Morgan fingerprint density at radius 3 is 2.42 bits per heavy atom. The predicted molar refractivity (Wildman–Crippen MR) is 90.8 cm³/mol. The quantitative estimate of drug-likeness (QED) is 0.777. The zero-order valence-electron chi connectivity index (χ0n) is 13.5. The topological polar surface area (TPSA) is 41.0 Å². The van der Waals surface area contributed by atoms with Crippen molar-refractivity contribution in [1.29, 1.82) is 0 Å². The van der Waals surface area contributed by atoms with Crippen LogP contribution in [0.4, 0.5) is 14.6 Å². The van der Waals surface area contributed by atoms with Crippen molar-refractivity contribution >= 4 is 16.7 Å². The SMILES string of the molecule is CN(C)C(CNc1ncnc2ccc(F)cc12)c1ccc(F)cc1. The summed E-state index contributed by atoms with van der Waals surface area (Å²) in [4.78, 5) is 10.4. The second kappa shape index (κ2) is 6.88. The fourth-order valence-electron chi connectivity index (χ4n) is 2.65. The van der Waals surface area contributed by atoms with E-state index < -0.39 is 0 Å². The summed E-state index contributed by atoms with van der Waals surface area (Å²) in [6, 6.07) is 10.9. The number of hydrogen-bond acceptors (Lipinski definition) is 4. The van der Waals surface area contributed by atoms with Gasteiger partial charge in [-0.05, 0) is 50.0 Å². The maximum absolute atomic E-state index is 13.5. The zero-order valence-corrected chi connectivity index (χ0v) is 13.5. The standard InChI is InChI=1S/C18H18F2N4/c1-24(2)17(12-3-5-13(19)6-4-12)10-21-18-15-9-14(20)7-8-16(15)22-11-23-18/h3-9,11,17H,10H2,1-2H3,(H,21,22,23). The molecule has 124 valence electrons. The molecule has 1 heterocycles. The molecule has 0 saturated carbocycles. The van der Waals surface area contributed by atoms with Gasteiger partial charge >= 0.3 is 0 Å². The van der Waals surface area contributed by atoms with Crippen LogP contribution >= 0.6 is 0 Å². The normalized spacial score (nSPS) is 12.5. The molecule has 4 nitrogen and oxygen atoms in total. The molecule has 1 aromatic heterocycles. The minimum Gasteiger partial charge on any atom is -0.368 e. The van der Waals surface area contributed by atoms with E-state index in [0.717, 1.165) is 5.56 Å². The summed E-state index contributed by atoms with van der Waals surface area (Å²) in [6.07, 6.45) is 1.45. The molecule has 0 bridgehead atoms. The number of anilines is 1. The Hall–Kier alpha value is -2.60. The highest BCUT2D eigenvalue weighted by molar-refractivity contribution is 5.88. The first-order chi connectivity index (χ1) is 11.5. The van der Waals surface area contributed by atoms with Gasteiger partial charge in [0.05, 0.1) is 11.6 Å². The first-order valence-corrected chi connectivity index (χ1v) is 7.60. The van der Waals surface area contributed by atoms with Crippen LogP contribution in [0.5, 0.6) is 0 Å². The van der Waals surface area contributed by atoms with E-state index in [1.807, 2.05) is 19.0 Å². The van der Waals surface area contributed by atoms with Crippen molar-refractivity contribution in [1.82, 2.24) is 14.9 Å². The Kier molecular flexibility index (Phi) is 4.66. The molecule has 0 fully saturated rings. The number of likely N-dealkylation sites (N-methyl/N-ethyl adjacent to an activating group) is 1. The summed E-state index contributed by atoms with van der Waals surface area (Å²) in [6.45, 7) is 0.543. The van der Waals surface area contributed by atoms with Crippen LogP contribution in [-0.2, 0) is 0 Å². The molecule has 0 spiro atoms. The Labute approximate surface area is 139 Å². The Balaban J connectivity index is 1.85. The molecule has 3 rings (SSSR count). The van der Waals surface area contributed by atoms with Crippen LogP contribution in [0.15, 0.2) is 48.8 Å². The third-order valence-corrected chi connectivity index (χ3v) is 3.94. The number of nitrogens with one attached hydrogen (secondary N) is 1. The molecular weight excluding hydrogens is 310 g/mol. The van der Waals surface area contributed by atoms with Crippen LogP contribution < -0.4 is 5.32 Å². The third kappa shape index (κ3) is 3.49. The minimum atomic E-state index is -0.331. The molecule has 0 amide bonds. The van der Waals surface area contributed by atoms with Gasteiger partial charge in [-0.2, -0.15) is 0 Å².